The van der Waals surface area contributed by atoms with Crippen molar-refractivity contribution in [3.63, 3.8) is 0 Å². The second-order valence-electron chi connectivity index (χ2n) is 4.23. The lowest BCUT2D eigenvalue weighted by atomic mass is 10.3. The first kappa shape index (κ1) is 15.7. The van der Waals surface area contributed by atoms with E-state index in [-0.39, 0.29) is 11.6 Å². The van der Waals surface area contributed by atoms with E-state index >= 15 is 0 Å². The van der Waals surface area contributed by atoms with Gasteiger partial charge in [-0.15, -0.1) is 0 Å². The Morgan fingerprint density at radius 1 is 1.24 bits per heavy atom. The van der Waals surface area contributed by atoms with Gasteiger partial charge in [-0.05, 0) is 58.4 Å². The molecule has 4 nitrogen and oxygen atoms in total. The summed E-state index contributed by atoms with van der Waals surface area (Å²) in [6, 6.07) is 10.2. The van der Waals surface area contributed by atoms with Gasteiger partial charge in [0.1, 0.15) is 11.6 Å². The number of carbonyl (C=O) groups excluding carboxylic acids is 1. The van der Waals surface area contributed by atoms with Crippen LogP contribution in [0.1, 0.15) is 0 Å². The van der Waals surface area contributed by atoms with Gasteiger partial charge in [-0.25, -0.2) is 4.39 Å². The summed E-state index contributed by atoms with van der Waals surface area (Å²) in [6.07, 6.45) is 0. The molecule has 0 radical (unpaired) electrons. The fourth-order valence-corrected chi connectivity index (χ4v) is 3.53. The van der Waals surface area contributed by atoms with Crippen LogP contribution in [-0.2, 0) is 15.6 Å². The maximum Gasteiger partial charge on any atom is 0.237 e. The first-order valence-electron chi connectivity index (χ1n) is 5.94. The SMILES string of the molecule is Nc1ccc(S(=O)CC(=O)Nc2ccc(F)cc2)c(Br)c1. The number of nitrogen functional groups attached to an aromatic ring is 1. The van der Waals surface area contributed by atoms with E-state index in [0.29, 0.717) is 20.7 Å². The number of hydrogen-bond acceptors (Lipinski definition) is 3. The van der Waals surface area contributed by atoms with E-state index in [1.54, 1.807) is 18.2 Å². The summed E-state index contributed by atoms with van der Waals surface area (Å²) in [5.41, 5.74) is 6.60. The molecule has 0 spiro atoms. The van der Waals surface area contributed by atoms with Crippen LogP contribution >= 0.6 is 15.9 Å². The Labute approximate surface area is 132 Å². The molecule has 1 amide bonds. The Morgan fingerprint density at radius 3 is 2.52 bits per heavy atom. The fraction of sp³-hybridized carbons (Fsp3) is 0.0714. The molecular formula is C14H12BrFN2O2S. The molecule has 0 heterocycles. The van der Waals surface area contributed by atoms with Gasteiger partial charge in [0.2, 0.25) is 5.91 Å². The third kappa shape index (κ3) is 4.37. The lowest BCUT2D eigenvalue weighted by Gasteiger charge is -2.07. The first-order valence-corrected chi connectivity index (χ1v) is 8.06. The quantitative estimate of drug-likeness (QED) is 0.812. The van der Waals surface area contributed by atoms with Crippen molar-refractivity contribution in [2.45, 2.75) is 4.90 Å². The van der Waals surface area contributed by atoms with Gasteiger partial charge in [0, 0.05) is 15.8 Å². The fourth-order valence-electron chi connectivity index (χ4n) is 1.63. The standard InChI is InChI=1S/C14H12BrFN2O2S/c15-12-7-10(17)3-6-13(12)21(20)8-14(19)18-11-4-1-9(16)2-5-11/h1-7H,8,17H2,(H,18,19). The van der Waals surface area contributed by atoms with Crippen molar-refractivity contribution in [3.05, 3.63) is 52.8 Å². The van der Waals surface area contributed by atoms with E-state index < -0.39 is 16.7 Å². The zero-order valence-electron chi connectivity index (χ0n) is 10.8. The minimum atomic E-state index is -1.50. The molecule has 0 fully saturated rings. The third-order valence-corrected chi connectivity index (χ3v) is 4.88. The monoisotopic (exact) mass is 370 g/mol. The predicted molar refractivity (Wildman–Crippen MR) is 84.9 cm³/mol. The molecule has 0 aromatic heterocycles. The van der Waals surface area contributed by atoms with Crippen LogP contribution in [0.2, 0.25) is 0 Å². The highest BCUT2D eigenvalue weighted by atomic mass is 79.9. The van der Waals surface area contributed by atoms with Crippen molar-refractivity contribution in [2.75, 3.05) is 16.8 Å². The second kappa shape index (κ2) is 6.82. The van der Waals surface area contributed by atoms with Crippen molar-refractivity contribution in [1.82, 2.24) is 0 Å². The molecule has 21 heavy (non-hydrogen) atoms. The average Bonchev–Trinajstić information content (AvgIpc) is 2.41. The number of halogens is 2. The average molecular weight is 371 g/mol. The Kier molecular flexibility index (Phi) is 5.08. The Morgan fingerprint density at radius 2 is 1.90 bits per heavy atom. The molecule has 3 N–H and O–H groups in total. The maximum absolute atomic E-state index is 12.8. The van der Waals surface area contributed by atoms with E-state index in [1.165, 1.54) is 24.3 Å². The van der Waals surface area contributed by atoms with Gasteiger partial charge in [-0.2, -0.15) is 0 Å². The summed E-state index contributed by atoms with van der Waals surface area (Å²) in [4.78, 5) is 12.3. The van der Waals surface area contributed by atoms with Crippen LogP contribution < -0.4 is 11.1 Å². The molecular weight excluding hydrogens is 359 g/mol. The number of nitrogens with two attached hydrogens (primary N) is 1. The van der Waals surface area contributed by atoms with Crippen LogP contribution in [0.5, 0.6) is 0 Å². The summed E-state index contributed by atoms with van der Waals surface area (Å²) in [6.45, 7) is 0. The van der Waals surface area contributed by atoms with Crippen molar-refractivity contribution >= 4 is 44.0 Å². The molecule has 1 unspecified atom stereocenters. The molecule has 2 aromatic carbocycles. The van der Waals surface area contributed by atoms with Crippen molar-refractivity contribution in [1.29, 1.82) is 0 Å². The number of hydrogen-bond donors (Lipinski definition) is 2. The molecule has 7 heteroatoms. The largest absolute Gasteiger partial charge is 0.399 e. The number of benzene rings is 2. The van der Waals surface area contributed by atoms with E-state index in [1.807, 2.05) is 0 Å². The molecule has 0 aliphatic carbocycles. The molecule has 0 saturated carbocycles. The van der Waals surface area contributed by atoms with Gasteiger partial charge in [0.25, 0.3) is 0 Å². The van der Waals surface area contributed by atoms with Gasteiger partial charge >= 0.3 is 0 Å². The number of amides is 1. The summed E-state index contributed by atoms with van der Waals surface area (Å²) < 4.78 is 25.5. The molecule has 0 bridgehead atoms. The van der Waals surface area contributed by atoms with E-state index in [0.717, 1.165) is 0 Å². The normalized spacial score (nSPS) is 11.9. The summed E-state index contributed by atoms with van der Waals surface area (Å²) in [7, 11) is -1.50. The highest BCUT2D eigenvalue weighted by Gasteiger charge is 2.13. The third-order valence-electron chi connectivity index (χ3n) is 2.59. The highest BCUT2D eigenvalue weighted by molar-refractivity contribution is 9.10. The molecule has 0 aliphatic rings. The topological polar surface area (TPSA) is 72.2 Å². The lowest BCUT2D eigenvalue weighted by molar-refractivity contribution is -0.113. The van der Waals surface area contributed by atoms with Gasteiger partial charge in [-0.1, -0.05) is 0 Å². The molecule has 2 rings (SSSR count). The van der Waals surface area contributed by atoms with Crippen LogP contribution in [0.4, 0.5) is 15.8 Å². The number of carbonyl (C=O) groups is 1. The van der Waals surface area contributed by atoms with Crippen LogP contribution in [0.3, 0.4) is 0 Å². The van der Waals surface area contributed by atoms with Gasteiger partial charge in [0.05, 0.1) is 15.7 Å². The lowest BCUT2D eigenvalue weighted by Crippen LogP contribution is -2.19. The summed E-state index contributed by atoms with van der Waals surface area (Å²) in [5.74, 6) is -0.995. The van der Waals surface area contributed by atoms with Crippen LogP contribution in [0.15, 0.2) is 51.8 Å². The van der Waals surface area contributed by atoms with Crippen molar-refractivity contribution in [2.24, 2.45) is 0 Å². The zero-order valence-corrected chi connectivity index (χ0v) is 13.2. The van der Waals surface area contributed by atoms with Gasteiger partial charge in [0.15, 0.2) is 0 Å². The first-order chi connectivity index (χ1) is 9.95. The molecule has 110 valence electrons. The van der Waals surface area contributed by atoms with Gasteiger partial charge in [-0.3, -0.25) is 9.00 Å². The minimum Gasteiger partial charge on any atom is -0.399 e. The maximum atomic E-state index is 12.8. The van der Waals surface area contributed by atoms with Crippen LogP contribution in [0.25, 0.3) is 0 Å². The smallest absolute Gasteiger partial charge is 0.237 e. The van der Waals surface area contributed by atoms with Crippen molar-refractivity contribution in [3.8, 4) is 0 Å². The number of nitrogens with one attached hydrogen (secondary N) is 1. The van der Waals surface area contributed by atoms with Crippen LogP contribution in [-0.4, -0.2) is 15.9 Å². The molecule has 2 aromatic rings. The van der Waals surface area contributed by atoms with E-state index in [4.69, 9.17) is 5.73 Å². The minimum absolute atomic E-state index is 0.195. The second-order valence-corrected chi connectivity index (χ2v) is 6.51. The Bertz CT molecular complexity index is 692. The Hall–Kier alpha value is -1.73. The predicted octanol–water partition coefficient (Wildman–Crippen LogP) is 2.92. The van der Waals surface area contributed by atoms with Gasteiger partial charge < -0.3 is 11.1 Å². The Balaban J connectivity index is 2.02. The molecule has 0 saturated heterocycles. The zero-order chi connectivity index (χ0) is 15.4. The van der Waals surface area contributed by atoms with Crippen LogP contribution in [0, 0.1) is 5.82 Å². The summed E-state index contributed by atoms with van der Waals surface area (Å²) in [5, 5.41) is 2.56. The number of rotatable bonds is 4. The number of anilines is 2. The highest BCUT2D eigenvalue weighted by Crippen LogP contribution is 2.23. The molecule has 1 atom stereocenters. The van der Waals surface area contributed by atoms with E-state index in [9.17, 15) is 13.4 Å². The molecule has 0 aliphatic heterocycles. The van der Waals surface area contributed by atoms with Crippen molar-refractivity contribution < 1.29 is 13.4 Å². The van der Waals surface area contributed by atoms with E-state index in [2.05, 4.69) is 21.2 Å². The summed E-state index contributed by atoms with van der Waals surface area (Å²) >= 11 is 3.27.